The number of hydrogen-bond acceptors (Lipinski definition) is 5. The van der Waals surface area contributed by atoms with Crippen molar-refractivity contribution in [3.05, 3.63) is 0 Å². The molecule has 7 heteroatoms. The fraction of sp³-hybridized carbons (Fsp3) is 0.923. The van der Waals surface area contributed by atoms with Crippen LogP contribution in [0.3, 0.4) is 0 Å². The predicted octanol–water partition coefficient (Wildman–Crippen LogP) is 0.772. The molecule has 0 aromatic heterocycles. The number of amides is 1. The first-order chi connectivity index (χ1) is 9.15. The van der Waals surface area contributed by atoms with Crippen LogP contribution in [-0.4, -0.2) is 61.7 Å². The standard InChI is InChI=1S/C13H24N2O4S/c1-13(2,3)19-12(16)15-8-11(9-15)14-10-4-6-20(17,18)7-5-10/h10-11,14H,4-9H2,1-3H3. The van der Waals surface area contributed by atoms with Gasteiger partial charge in [-0.25, -0.2) is 13.2 Å². The first-order valence-electron chi connectivity index (χ1n) is 7.09. The van der Waals surface area contributed by atoms with E-state index in [-0.39, 0.29) is 29.7 Å². The van der Waals surface area contributed by atoms with E-state index in [2.05, 4.69) is 5.32 Å². The van der Waals surface area contributed by atoms with Gasteiger partial charge in [0.2, 0.25) is 0 Å². The summed E-state index contributed by atoms with van der Waals surface area (Å²) in [7, 11) is -2.81. The van der Waals surface area contributed by atoms with Crippen LogP contribution in [0, 0.1) is 0 Å². The summed E-state index contributed by atoms with van der Waals surface area (Å²) in [6, 6.07) is 0.512. The Morgan fingerprint density at radius 3 is 2.20 bits per heavy atom. The Morgan fingerprint density at radius 1 is 1.15 bits per heavy atom. The van der Waals surface area contributed by atoms with Gasteiger partial charge in [0.05, 0.1) is 11.5 Å². The third kappa shape index (κ3) is 4.34. The van der Waals surface area contributed by atoms with Gasteiger partial charge in [0.15, 0.2) is 0 Å². The van der Waals surface area contributed by atoms with Crippen molar-refractivity contribution in [2.75, 3.05) is 24.6 Å². The van der Waals surface area contributed by atoms with Crippen LogP contribution < -0.4 is 5.32 Å². The molecule has 1 N–H and O–H groups in total. The fourth-order valence-corrected chi connectivity index (χ4v) is 3.94. The number of hydrogen-bond donors (Lipinski definition) is 1. The summed E-state index contributed by atoms with van der Waals surface area (Å²) >= 11 is 0. The molecule has 20 heavy (non-hydrogen) atoms. The summed E-state index contributed by atoms with van der Waals surface area (Å²) in [6.45, 7) is 6.82. The van der Waals surface area contributed by atoms with Crippen LogP contribution in [0.5, 0.6) is 0 Å². The molecule has 2 saturated heterocycles. The quantitative estimate of drug-likeness (QED) is 0.815. The van der Waals surface area contributed by atoms with E-state index >= 15 is 0 Å². The number of carbonyl (C=O) groups is 1. The maximum Gasteiger partial charge on any atom is 0.410 e. The zero-order valence-corrected chi connectivity index (χ0v) is 13.2. The molecule has 0 aromatic carbocycles. The van der Waals surface area contributed by atoms with Gasteiger partial charge in [-0.2, -0.15) is 0 Å². The van der Waals surface area contributed by atoms with Crippen LogP contribution in [0.25, 0.3) is 0 Å². The number of nitrogens with one attached hydrogen (secondary N) is 1. The van der Waals surface area contributed by atoms with Crippen molar-refractivity contribution in [2.45, 2.75) is 51.3 Å². The van der Waals surface area contributed by atoms with E-state index in [1.165, 1.54) is 0 Å². The molecule has 0 aromatic rings. The van der Waals surface area contributed by atoms with E-state index < -0.39 is 15.4 Å². The second-order valence-electron chi connectivity index (χ2n) is 6.68. The van der Waals surface area contributed by atoms with Crippen LogP contribution in [-0.2, 0) is 14.6 Å². The highest BCUT2D eigenvalue weighted by Gasteiger charge is 2.35. The molecule has 0 atom stereocenters. The van der Waals surface area contributed by atoms with E-state index in [9.17, 15) is 13.2 Å². The van der Waals surface area contributed by atoms with Crippen LogP contribution in [0.1, 0.15) is 33.6 Å². The minimum absolute atomic E-state index is 0.254. The largest absolute Gasteiger partial charge is 0.444 e. The molecule has 0 bridgehead atoms. The predicted molar refractivity (Wildman–Crippen MR) is 76.4 cm³/mol. The first kappa shape index (κ1) is 15.6. The molecule has 0 unspecified atom stereocenters. The van der Waals surface area contributed by atoms with Crippen LogP contribution in [0.4, 0.5) is 4.79 Å². The van der Waals surface area contributed by atoms with Crippen molar-refractivity contribution in [1.82, 2.24) is 10.2 Å². The van der Waals surface area contributed by atoms with Gasteiger partial charge in [0.25, 0.3) is 0 Å². The molecule has 0 saturated carbocycles. The monoisotopic (exact) mass is 304 g/mol. The van der Waals surface area contributed by atoms with Crippen LogP contribution in [0.2, 0.25) is 0 Å². The summed E-state index contributed by atoms with van der Waals surface area (Å²) in [5.41, 5.74) is -0.465. The Morgan fingerprint density at radius 2 is 1.70 bits per heavy atom. The average molecular weight is 304 g/mol. The summed E-state index contributed by atoms with van der Waals surface area (Å²) < 4.78 is 28.0. The fourth-order valence-electron chi connectivity index (χ4n) is 2.45. The summed E-state index contributed by atoms with van der Waals surface area (Å²) in [4.78, 5) is 13.4. The molecule has 2 aliphatic rings. The Kier molecular flexibility index (Phi) is 4.30. The third-order valence-electron chi connectivity index (χ3n) is 3.56. The minimum atomic E-state index is -2.81. The summed E-state index contributed by atoms with van der Waals surface area (Å²) in [5.74, 6) is 0.542. The molecule has 6 nitrogen and oxygen atoms in total. The SMILES string of the molecule is CC(C)(C)OC(=O)N1CC(NC2CCS(=O)(=O)CC2)C1. The van der Waals surface area contributed by atoms with Crippen molar-refractivity contribution in [3.8, 4) is 0 Å². The van der Waals surface area contributed by atoms with E-state index in [0.717, 1.165) is 0 Å². The molecule has 2 fully saturated rings. The third-order valence-corrected chi connectivity index (χ3v) is 5.27. The van der Waals surface area contributed by atoms with Gasteiger partial charge in [0.1, 0.15) is 15.4 Å². The minimum Gasteiger partial charge on any atom is -0.444 e. The number of sulfone groups is 1. The second-order valence-corrected chi connectivity index (χ2v) is 8.98. The number of likely N-dealkylation sites (tertiary alicyclic amines) is 1. The Balaban J connectivity index is 1.68. The van der Waals surface area contributed by atoms with Gasteiger partial charge in [-0.3, -0.25) is 0 Å². The molecule has 0 radical (unpaired) electrons. The molecule has 116 valence electrons. The van der Waals surface area contributed by atoms with Crippen molar-refractivity contribution in [1.29, 1.82) is 0 Å². The molecule has 2 rings (SSSR count). The lowest BCUT2D eigenvalue weighted by Gasteiger charge is -2.42. The molecular formula is C13H24N2O4S. The normalized spacial score (nSPS) is 24.2. The highest BCUT2D eigenvalue weighted by Crippen LogP contribution is 2.18. The molecular weight excluding hydrogens is 280 g/mol. The Hall–Kier alpha value is -0.820. The van der Waals surface area contributed by atoms with E-state index in [0.29, 0.717) is 25.9 Å². The molecule has 1 amide bonds. The summed E-state index contributed by atoms with van der Waals surface area (Å²) in [6.07, 6.45) is 1.07. The Labute approximate surface area is 120 Å². The average Bonchev–Trinajstić information content (AvgIpc) is 2.22. The number of carbonyl (C=O) groups excluding carboxylic acids is 1. The maximum absolute atomic E-state index is 11.8. The van der Waals surface area contributed by atoms with E-state index in [1.54, 1.807) is 4.90 Å². The smallest absolute Gasteiger partial charge is 0.410 e. The molecule has 2 heterocycles. The van der Waals surface area contributed by atoms with Crippen molar-refractivity contribution in [3.63, 3.8) is 0 Å². The van der Waals surface area contributed by atoms with Gasteiger partial charge in [-0.15, -0.1) is 0 Å². The zero-order valence-electron chi connectivity index (χ0n) is 12.4. The van der Waals surface area contributed by atoms with E-state index in [4.69, 9.17) is 4.74 Å². The van der Waals surface area contributed by atoms with Crippen molar-refractivity contribution < 1.29 is 17.9 Å². The second kappa shape index (κ2) is 5.52. The Bertz CT molecular complexity index is 449. The van der Waals surface area contributed by atoms with Crippen molar-refractivity contribution in [2.24, 2.45) is 0 Å². The van der Waals surface area contributed by atoms with Gasteiger partial charge >= 0.3 is 6.09 Å². The van der Waals surface area contributed by atoms with Gasteiger partial charge in [-0.05, 0) is 33.6 Å². The number of ether oxygens (including phenoxy) is 1. The zero-order chi connectivity index (χ0) is 15.0. The van der Waals surface area contributed by atoms with Gasteiger partial charge in [0, 0.05) is 25.2 Å². The van der Waals surface area contributed by atoms with Gasteiger partial charge < -0.3 is 15.0 Å². The van der Waals surface area contributed by atoms with E-state index in [1.807, 2.05) is 20.8 Å². The highest BCUT2D eigenvalue weighted by molar-refractivity contribution is 7.91. The highest BCUT2D eigenvalue weighted by atomic mass is 32.2. The van der Waals surface area contributed by atoms with Crippen LogP contribution >= 0.6 is 0 Å². The molecule has 2 aliphatic heterocycles. The van der Waals surface area contributed by atoms with Crippen LogP contribution in [0.15, 0.2) is 0 Å². The number of rotatable bonds is 2. The lowest BCUT2D eigenvalue weighted by atomic mass is 10.1. The van der Waals surface area contributed by atoms with Gasteiger partial charge in [-0.1, -0.05) is 0 Å². The summed E-state index contributed by atoms with van der Waals surface area (Å²) in [5, 5.41) is 3.43. The first-order valence-corrected chi connectivity index (χ1v) is 8.91. The molecule has 0 spiro atoms. The van der Waals surface area contributed by atoms with Crippen molar-refractivity contribution >= 4 is 15.9 Å². The molecule has 0 aliphatic carbocycles. The number of nitrogens with zero attached hydrogens (tertiary/aromatic N) is 1. The lowest BCUT2D eigenvalue weighted by Crippen LogP contribution is -2.62. The maximum atomic E-state index is 11.8. The topological polar surface area (TPSA) is 75.7 Å². The lowest BCUT2D eigenvalue weighted by molar-refractivity contribution is 0.00405.